The lowest BCUT2D eigenvalue weighted by Crippen LogP contribution is -2.48. The molecule has 1 aliphatic rings. The molecule has 0 saturated carbocycles. The van der Waals surface area contributed by atoms with E-state index in [0.717, 1.165) is 55.2 Å². The van der Waals surface area contributed by atoms with Crippen molar-refractivity contribution in [3.63, 3.8) is 0 Å². The minimum Gasteiger partial charge on any atom is -0.497 e. The molecule has 1 aromatic heterocycles. The lowest BCUT2D eigenvalue weighted by molar-refractivity contribution is -0.132. The van der Waals surface area contributed by atoms with Gasteiger partial charge >= 0.3 is 0 Å². The minimum atomic E-state index is 0.162. The lowest BCUT2D eigenvalue weighted by atomic mass is 10.1. The van der Waals surface area contributed by atoms with E-state index in [1.165, 1.54) is 5.56 Å². The van der Waals surface area contributed by atoms with E-state index in [-0.39, 0.29) is 5.91 Å². The molecule has 1 amide bonds. The molecular weight excluding hydrogens is 476 g/mol. The molecular formula is C28H27ClN4O3. The van der Waals surface area contributed by atoms with Gasteiger partial charge in [0.15, 0.2) is 0 Å². The Hall–Kier alpha value is -3.68. The van der Waals surface area contributed by atoms with Crippen LogP contribution in [0.1, 0.15) is 11.1 Å². The zero-order chi connectivity index (χ0) is 24.9. The predicted octanol–water partition coefficient (Wildman–Crippen LogP) is 4.95. The number of carbonyl (C=O) groups excluding carboxylic acids is 1. The van der Waals surface area contributed by atoms with Crippen molar-refractivity contribution in [1.29, 1.82) is 0 Å². The summed E-state index contributed by atoms with van der Waals surface area (Å²) in [5.41, 5.74) is 3.86. The highest BCUT2D eigenvalue weighted by molar-refractivity contribution is 6.30. The Morgan fingerprint density at radius 3 is 2.44 bits per heavy atom. The van der Waals surface area contributed by atoms with Gasteiger partial charge in [-0.15, -0.1) is 0 Å². The monoisotopic (exact) mass is 502 g/mol. The number of hydrogen-bond donors (Lipinski definition) is 0. The second-order valence-electron chi connectivity index (χ2n) is 8.82. The van der Waals surface area contributed by atoms with Crippen LogP contribution >= 0.6 is 11.6 Å². The predicted molar refractivity (Wildman–Crippen MR) is 139 cm³/mol. The maximum absolute atomic E-state index is 12.8. The van der Waals surface area contributed by atoms with Crippen molar-refractivity contribution in [2.75, 3.05) is 33.3 Å². The number of halogens is 1. The van der Waals surface area contributed by atoms with Crippen LogP contribution in [0.15, 0.2) is 77.3 Å². The summed E-state index contributed by atoms with van der Waals surface area (Å²) in [6.07, 6.45) is 0.411. The van der Waals surface area contributed by atoms with Gasteiger partial charge in [0.2, 0.25) is 11.7 Å². The van der Waals surface area contributed by atoms with E-state index in [9.17, 15) is 4.79 Å². The summed E-state index contributed by atoms with van der Waals surface area (Å²) in [6, 6.07) is 23.2. The average molecular weight is 503 g/mol. The number of benzene rings is 3. The number of nitrogens with zero attached hydrogens (tertiary/aromatic N) is 4. The van der Waals surface area contributed by atoms with Gasteiger partial charge in [-0.25, -0.2) is 0 Å². The first-order valence-electron chi connectivity index (χ1n) is 11.9. The lowest BCUT2D eigenvalue weighted by Gasteiger charge is -2.35. The number of carbonyl (C=O) groups is 1. The Balaban J connectivity index is 1.16. The molecule has 0 atom stereocenters. The summed E-state index contributed by atoms with van der Waals surface area (Å²) in [6.45, 7) is 3.91. The molecule has 0 radical (unpaired) electrons. The number of rotatable bonds is 7. The molecule has 0 bridgehead atoms. The molecule has 36 heavy (non-hydrogen) atoms. The quantitative estimate of drug-likeness (QED) is 0.356. The third kappa shape index (κ3) is 5.75. The smallest absolute Gasteiger partial charge is 0.258 e. The Kier molecular flexibility index (Phi) is 7.30. The summed E-state index contributed by atoms with van der Waals surface area (Å²) < 4.78 is 10.7. The van der Waals surface area contributed by atoms with Crippen LogP contribution in [0.5, 0.6) is 5.75 Å². The molecule has 7 nitrogen and oxygen atoms in total. The van der Waals surface area contributed by atoms with Crippen molar-refractivity contribution >= 4 is 17.5 Å². The van der Waals surface area contributed by atoms with Crippen molar-refractivity contribution in [2.45, 2.75) is 13.0 Å². The number of aromatic nitrogens is 2. The van der Waals surface area contributed by atoms with Crippen molar-refractivity contribution in [3.05, 3.63) is 88.9 Å². The molecule has 8 heteroatoms. The van der Waals surface area contributed by atoms with Gasteiger partial charge in [-0.2, -0.15) is 4.98 Å². The molecule has 1 fully saturated rings. The van der Waals surface area contributed by atoms with Crippen LogP contribution in [0.2, 0.25) is 5.02 Å². The van der Waals surface area contributed by atoms with E-state index in [1.807, 2.05) is 59.5 Å². The highest BCUT2D eigenvalue weighted by Crippen LogP contribution is 2.25. The molecule has 0 aliphatic carbocycles. The molecule has 1 aliphatic heterocycles. The molecule has 5 rings (SSSR count). The van der Waals surface area contributed by atoms with Gasteiger partial charge in [-0.05, 0) is 47.5 Å². The third-order valence-electron chi connectivity index (χ3n) is 6.33. The topological polar surface area (TPSA) is 71.7 Å². The number of ether oxygens (including phenoxy) is 1. The van der Waals surface area contributed by atoms with Crippen molar-refractivity contribution in [1.82, 2.24) is 19.9 Å². The summed E-state index contributed by atoms with van der Waals surface area (Å²) in [5, 5.41) is 4.78. The SMILES string of the molecule is COc1ccc(CC(=O)N2CCN(Cc3cccc(-c4noc(-c5cccc(Cl)c5)n4)c3)CC2)cc1. The molecule has 4 aromatic rings. The maximum Gasteiger partial charge on any atom is 0.258 e. The largest absolute Gasteiger partial charge is 0.497 e. The summed E-state index contributed by atoms with van der Waals surface area (Å²) in [5.74, 6) is 1.94. The number of hydrogen-bond acceptors (Lipinski definition) is 6. The van der Waals surface area contributed by atoms with Crippen LogP contribution in [-0.2, 0) is 17.8 Å². The van der Waals surface area contributed by atoms with Crippen molar-refractivity contribution < 1.29 is 14.1 Å². The fraction of sp³-hybridized carbons (Fsp3) is 0.250. The minimum absolute atomic E-state index is 0.162. The first-order valence-corrected chi connectivity index (χ1v) is 12.3. The molecule has 0 unspecified atom stereocenters. The Bertz CT molecular complexity index is 1330. The first-order chi connectivity index (χ1) is 17.6. The zero-order valence-corrected chi connectivity index (χ0v) is 20.8. The third-order valence-corrected chi connectivity index (χ3v) is 6.56. The Morgan fingerprint density at radius 2 is 1.69 bits per heavy atom. The van der Waals surface area contributed by atoms with E-state index >= 15 is 0 Å². The van der Waals surface area contributed by atoms with E-state index in [1.54, 1.807) is 13.2 Å². The van der Waals surface area contributed by atoms with Crippen molar-refractivity contribution in [2.24, 2.45) is 0 Å². The highest BCUT2D eigenvalue weighted by Gasteiger charge is 2.21. The maximum atomic E-state index is 12.8. The normalized spacial score (nSPS) is 14.1. The van der Waals surface area contributed by atoms with Crippen LogP contribution in [0.3, 0.4) is 0 Å². The fourth-order valence-electron chi connectivity index (χ4n) is 4.33. The van der Waals surface area contributed by atoms with Gasteiger partial charge in [0.05, 0.1) is 13.5 Å². The average Bonchev–Trinajstić information content (AvgIpc) is 3.40. The first kappa shape index (κ1) is 24.0. The van der Waals surface area contributed by atoms with Crippen LogP contribution in [0.25, 0.3) is 22.8 Å². The van der Waals surface area contributed by atoms with Crippen LogP contribution in [0, 0.1) is 0 Å². The zero-order valence-electron chi connectivity index (χ0n) is 20.1. The van der Waals surface area contributed by atoms with Crippen molar-refractivity contribution in [3.8, 4) is 28.6 Å². The second-order valence-corrected chi connectivity index (χ2v) is 9.25. The summed E-state index contributed by atoms with van der Waals surface area (Å²) >= 11 is 6.08. The van der Waals surface area contributed by atoms with Crippen LogP contribution in [0.4, 0.5) is 0 Å². The van der Waals surface area contributed by atoms with Gasteiger partial charge in [0.1, 0.15) is 5.75 Å². The molecule has 0 N–H and O–H groups in total. The summed E-state index contributed by atoms with van der Waals surface area (Å²) in [4.78, 5) is 21.6. The molecule has 2 heterocycles. The highest BCUT2D eigenvalue weighted by atomic mass is 35.5. The molecule has 0 spiro atoms. The molecule has 3 aromatic carbocycles. The van der Waals surface area contributed by atoms with Gasteiger partial charge in [0.25, 0.3) is 5.89 Å². The van der Waals surface area contributed by atoms with Crippen LogP contribution < -0.4 is 4.74 Å². The number of methoxy groups -OCH3 is 1. The van der Waals surface area contributed by atoms with Gasteiger partial charge < -0.3 is 14.2 Å². The summed E-state index contributed by atoms with van der Waals surface area (Å²) in [7, 11) is 1.64. The van der Waals surface area contributed by atoms with E-state index in [0.29, 0.717) is 23.2 Å². The van der Waals surface area contributed by atoms with Gasteiger partial charge in [-0.3, -0.25) is 9.69 Å². The van der Waals surface area contributed by atoms with E-state index < -0.39 is 0 Å². The van der Waals surface area contributed by atoms with E-state index in [4.69, 9.17) is 20.9 Å². The molecule has 1 saturated heterocycles. The Morgan fingerprint density at radius 1 is 0.944 bits per heavy atom. The number of piperazine rings is 1. The van der Waals surface area contributed by atoms with Crippen LogP contribution in [-0.4, -0.2) is 59.1 Å². The second kappa shape index (κ2) is 10.9. The number of amides is 1. The van der Waals surface area contributed by atoms with Gasteiger partial charge in [-0.1, -0.05) is 53.2 Å². The fourth-order valence-corrected chi connectivity index (χ4v) is 4.52. The van der Waals surface area contributed by atoms with E-state index in [2.05, 4.69) is 27.2 Å². The standard InChI is InChI=1S/C28H27ClN4O3/c1-35-25-10-8-20(9-11-25)17-26(34)33-14-12-32(13-15-33)19-21-4-2-5-22(16-21)27-30-28(36-31-27)23-6-3-7-24(29)18-23/h2-11,16,18H,12-15,17,19H2,1H3. The molecule has 184 valence electrons. The Labute approximate surface area is 215 Å². The van der Waals surface area contributed by atoms with Gasteiger partial charge in [0, 0.05) is 48.9 Å².